The van der Waals surface area contributed by atoms with E-state index in [4.69, 9.17) is 10.5 Å². The van der Waals surface area contributed by atoms with Crippen LogP contribution in [-0.2, 0) is 11.2 Å². The molecule has 15 heavy (non-hydrogen) atoms. The van der Waals surface area contributed by atoms with Crippen LogP contribution >= 0.6 is 11.3 Å². The minimum Gasteiger partial charge on any atom is -0.381 e. The number of hydrogen-bond donors (Lipinski definition) is 1. The van der Waals surface area contributed by atoms with Crippen molar-refractivity contribution in [1.82, 2.24) is 4.98 Å². The summed E-state index contributed by atoms with van der Waals surface area (Å²) in [6, 6.07) is 0.203. The quantitative estimate of drug-likeness (QED) is 0.856. The van der Waals surface area contributed by atoms with Crippen LogP contribution in [0.2, 0.25) is 0 Å². The molecule has 1 aliphatic rings. The average Bonchev–Trinajstić information content (AvgIpc) is 2.67. The number of ether oxygens (including phenoxy) is 1. The van der Waals surface area contributed by atoms with Gasteiger partial charge in [0.2, 0.25) is 0 Å². The van der Waals surface area contributed by atoms with Crippen molar-refractivity contribution in [2.45, 2.75) is 38.1 Å². The van der Waals surface area contributed by atoms with Crippen molar-refractivity contribution >= 4 is 11.3 Å². The zero-order valence-electron chi connectivity index (χ0n) is 9.11. The fourth-order valence-corrected chi connectivity index (χ4v) is 2.88. The molecule has 0 amide bonds. The summed E-state index contributed by atoms with van der Waals surface area (Å²) in [6.07, 6.45) is 3.12. The standard InChI is InChI=1S/C11H18N2OS/c1-8(12)6-10-7-15-11(13-10)9-2-4-14-5-3-9/h7-9H,2-6,12H2,1H3. The maximum atomic E-state index is 5.76. The molecule has 0 aromatic carbocycles. The Morgan fingerprint density at radius 1 is 1.60 bits per heavy atom. The highest BCUT2D eigenvalue weighted by atomic mass is 32.1. The van der Waals surface area contributed by atoms with Gasteiger partial charge in [0.15, 0.2) is 0 Å². The Labute approximate surface area is 94.7 Å². The van der Waals surface area contributed by atoms with E-state index in [1.54, 1.807) is 11.3 Å². The van der Waals surface area contributed by atoms with Crippen molar-refractivity contribution in [2.75, 3.05) is 13.2 Å². The van der Waals surface area contributed by atoms with Gasteiger partial charge in [0.1, 0.15) is 0 Å². The molecule has 2 N–H and O–H groups in total. The predicted molar refractivity (Wildman–Crippen MR) is 62.3 cm³/mol. The van der Waals surface area contributed by atoms with Crippen LogP contribution in [0.4, 0.5) is 0 Å². The van der Waals surface area contributed by atoms with E-state index in [9.17, 15) is 0 Å². The Balaban J connectivity index is 1.99. The summed E-state index contributed by atoms with van der Waals surface area (Å²) >= 11 is 1.78. The first kappa shape index (κ1) is 11.0. The Morgan fingerprint density at radius 3 is 3.00 bits per heavy atom. The zero-order chi connectivity index (χ0) is 10.7. The second-order valence-electron chi connectivity index (χ2n) is 4.25. The van der Waals surface area contributed by atoms with E-state index in [-0.39, 0.29) is 6.04 Å². The van der Waals surface area contributed by atoms with Crippen molar-refractivity contribution < 1.29 is 4.74 Å². The van der Waals surface area contributed by atoms with Crippen molar-refractivity contribution in [3.8, 4) is 0 Å². The molecule has 1 fully saturated rings. The summed E-state index contributed by atoms with van der Waals surface area (Å²) in [6.45, 7) is 3.78. The van der Waals surface area contributed by atoms with Gasteiger partial charge < -0.3 is 10.5 Å². The van der Waals surface area contributed by atoms with Crippen LogP contribution in [0.1, 0.15) is 36.4 Å². The molecule has 1 aromatic heterocycles. The lowest BCUT2D eigenvalue weighted by atomic mass is 10.0. The third-order valence-electron chi connectivity index (χ3n) is 2.67. The second-order valence-corrected chi connectivity index (χ2v) is 5.13. The van der Waals surface area contributed by atoms with E-state index in [0.29, 0.717) is 5.92 Å². The fraction of sp³-hybridized carbons (Fsp3) is 0.727. The molecule has 1 aliphatic heterocycles. The monoisotopic (exact) mass is 226 g/mol. The molecule has 0 spiro atoms. The Kier molecular flexibility index (Phi) is 3.72. The average molecular weight is 226 g/mol. The van der Waals surface area contributed by atoms with E-state index in [1.807, 2.05) is 6.92 Å². The van der Waals surface area contributed by atoms with Gasteiger partial charge in [-0.05, 0) is 19.8 Å². The van der Waals surface area contributed by atoms with Gasteiger partial charge >= 0.3 is 0 Å². The maximum Gasteiger partial charge on any atom is 0.0960 e. The van der Waals surface area contributed by atoms with Gasteiger partial charge in [-0.15, -0.1) is 11.3 Å². The van der Waals surface area contributed by atoms with Crippen LogP contribution < -0.4 is 5.73 Å². The van der Waals surface area contributed by atoms with Crippen molar-refractivity contribution in [3.63, 3.8) is 0 Å². The summed E-state index contributed by atoms with van der Waals surface area (Å²) in [7, 11) is 0. The van der Waals surface area contributed by atoms with Gasteiger partial charge in [-0.2, -0.15) is 0 Å². The summed E-state index contributed by atoms with van der Waals surface area (Å²) in [5.74, 6) is 0.616. The van der Waals surface area contributed by atoms with Crippen molar-refractivity contribution in [3.05, 3.63) is 16.1 Å². The third kappa shape index (κ3) is 3.00. The fourth-order valence-electron chi connectivity index (χ4n) is 1.88. The maximum absolute atomic E-state index is 5.76. The van der Waals surface area contributed by atoms with Crippen molar-refractivity contribution in [2.24, 2.45) is 5.73 Å². The van der Waals surface area contributed by atoms with Crippen LogP contribution in [0, 0.1) is 0 Å². The number of nitrogens with two attached hydrogens (primary N) is 1. The summed E-state index contributed by atoms with van der Waals surface area (Å²) < 4.78 is 5.35. The Morgan fingerprint density at radius 2 is 2.33 bits per heavy atom. The molecule has 0 saturated carbocycles. The summed E-state index contributed by atoms with van der Waals surface area (Å²) in [5, 5.41) is 3.42. The van der Waals surface area contributed by atoms with Crippen LogP contribution in [0.15, 0.2) is 5.38 Å². The smallest absolute Gasteiger partial charge is 0.0960 e. The molecule has 0 radical (unpaired) electrons. The number of thiazole rings is 1. The van der Waals surface area contributed by atoms with Crippen LogP contribution in [0.3, 0.4) is 0 Å². The molecule has 2 rings (SSSR count). The van der Waals surface area contributed by atoms with E-state index >= 15 is 0 Å². The van der Waals surface area contributed by atoms with Gasteiger partial charge in [-0.25, -0.2) is 4.98 Å². The van der Waals surface area contributed by atoms with E-state index in [1.165, 1.54) is 5.01 Å². The highest BCUT2D eigenvalue weighted by Crippen LogP contribution is 2.29. The predicted octanol–water partition coefficient (Wildman–Crippen LogP) is 1.93. The van der Waals surface area contributed by atoms with Gasteiger partial charge in [0.25, 0.3) is 0 Å². The number of hydrogen-bond acceptors (Lipinski definition) is 4. The lowest BCUT2D eigenvalue weighted by Crippen LogP contribution is -2.18. The summed E-state index contributed by atoms with van der Waals surface area (Å²) in [4.78, 5) is 4.66. The van der Waals surface area contributed by atoms with Gasteiger partial charge in [0, 0.05) is 37.0 Å². The third-order valence-corrected chi connectivity index (χ3v) is 3.73. The molecule has 1 aromatic rings. The van der Waals surface area contributed by atoms with Gasteiger partial charge in [-0.1, -0.05) is 0 Å². The first-order valence-corrected chi connectivity index (χ1v) is 6.41. The number of aromatic nitrogens is 1. The van der Waals surface area contributed by atoms with E-state index in [2.05, 4.69) is 10.4 Å². The van der Waals surface area contributed by atoms with Gasteiger partial charge in [0.05, 0.1) is 10.7 Å². The van der Waals surface area contributed by atoms with E-state index < -0.39 is 0 Å². The second kappa shape index (κ2) is 5.05. The highest BCUT2D eigenvalue weighted by molar-refractivity contribution is 7.09. The largest absolute Gasteiger partial charge is 0.381 e. The SMILES string of the molecule is CC(N)Cc1csc(C2CCOCC2)n1. The lowest BCUT2D eigenvalue weighted by Gasteiger charge is -2.19. The van der Waals surface area contributed by atoms with Crippen LogP contribution in [0.25, 0.3) is 0 Å². The van der Waals surface area contributed by atoms with E-state index in [0.717, 1.165) is 38.2 Å². The van der Waals surface area contributed by atoms with Crippen LogP contribution in [0.5, 0.6) is 0 Å². The molecule has 4 heteroatoms. The zero-order valence-corrected chi connectivity index (χ0v) is 9.93. The first-order valence-electron chi connectivity index (χ1n) is 5.53. The molecule has 0 aliphatic carbocycles. The summed E-state index contributed by atoms with van der Waals surface area (Å²) in [5.41, 5.74) is 6.91. The number of rotatable bonds is 3. The van der Waals surface area contributed by atoms with Crippen molar-refractivity contribution in [1.29, 1.82) is 0 Å². The topological polar surface area (TPSA) is 48.1 Å². The molecule has 1 unspecified atom stereocenters. The lowest BCUT2D eigenvalue weighted by molar-refractivity contribution is 0.0852. The molecule has 2 heterocycles. The molecule has 84 valence electrons. The molecule has 0 bridgehead atoms. The molecule has 1 atom stereocenters. The normalized spacial score (nSPS) is 20.4. The molecule has 3 nitrogen and oxygen atoms in total. The molecular weight excluding hydrogens is 208 g/mol. The highest BCUT2D eigenvalue weighted by Gasteiger charge is 2.19. The Hall–Kier alpha value is -0.450. The minimum atomic E-state index is 0.203. The Bertz CT molecular complexity index is 305. The first-order chi connectivity index (χ1) is 7.25. The number of nitrogens with zero attached hydrogens (tertiary/aromatic N) is 1. The van der Waals surface area contributed by atoms with Gasteiger partial charge in [-0.3, -0.25) is 0 Å². The minimum absolute atomic E-state index is 0.203. The molecular formula is C11H18N2OS. The van der Waals surface area contributed by atoms with Crippen LogP contribution in [-0.4, -0.2) is 24.2 Å². The molecule has 1 saturated heterocycles.